The number of thioether (sulfide) groups is 1. The number of rotatable bonds is 8. The van der Waals surface area contributed by atoms with Crippen molar-refractivity contribution in [2.45, 2.75) is 61.1 Å². The molecule has 6 heteroatoms. The van der Waals surface area contributed by atoms with E-state index >= 15 is 0 Å². The van der Waals surface area contributed by atoms with Crippen molar-refractivity contribution in [2.75, 3.05) is 12.3 Å². The Morgan fingerprint density at radius 2 is 1.92 bits per heavy atom. The number of nitrogens with zero attached hydrogens (tertiary/aromatic N) is 3. The van der Waals surface area contributed by atoms with Gasteiger partial charge in [-0.15, -0.1) is 10.2 Å². The van der Waals surface area contributed by atoms with Gasteiger partial charge >= 0.3 is 0 Å². The van der Waals surface area contributed by atoms with Crippen LogP contribution in [0.3, 0.4) is 0 Å². The van der Waals surface area contributed by atoms with Crippen LogP contribution in [0.25, 0.3) is 0 Å². The molecule has 5 rings (SSSR count). The Bertz CT molecular complexity index is 806. The van der Waals surface area contributed by atoms with Gasteiger partial charge in [0.15, 0.2) is 5.16 Å². The first kappa shape index (κ1) is 16.4. The Kier molecular flexibility index (Phi) is 4.03. The third-order valence-corrected chi connectivity index (χ3v) is 6.68. The van der Waals surface area contributed by atoms with Gasteiger partial charge in [-0.05, 0) is 44.1 Å². The molecule has 0 atom stereocenters. The molecule has 5 nitrogen and oxygen atoms in total. The monoisotopic (exact) mass is 368 g/mol. The van der Waals surface area contributed by atoms with Crippen LogP contribution in [-0.4, -0.2) is 33.0 Å². The third-order valence-electron chi connectivity index (χ3n) is 5.74. The standard InChI is InChI=1S/C20H24N4OS/c25-17(21-13-20(10-11-20)15-4-2-1-3-5-15)12-26-19-23-22-18(14-6-7-14)24(19)16-8-9-16/h1-5,14,16H,6-13H2,(H,21,25). The van der Waals surface area contributed by atoms with E-state index in [4.69, 9.17) is 0 Å². The molecule has 0 saturated heterocycles. The van der Waals surface area contributed by atoms with Gasteiger partial charge in [-0.1, -0.05) is 42.1 Å². The zero-order valence-corrected chi connectivity index (χ0v) is 15.7. The van der Waals surface area contributed by atoms with Gasteiger partial charge < -0.3 is 9.88 Å². The lowest BCUT2D eigenvalue weighted by molar-refractivity contribution is -0.118. The molecule has 0 bridgehead atoms. The number of benzene rings is 1. The number of carbonyl (C=O) groups is 1. The second-order valence-electron chi connectivity index (χ2n) is 7.93. The van der Waals surface area contributed by atoms with Crippen LogP contribution in [0, 0.1) is 0 Å². The summed E-state index contributed by atoms with van der Waals surface area (Å²) in [5, 5.41) is 12.9. The molecule has 3 aliphatic rings. The molecule has 1 N–H and O–H groups in total. The Hall–Kier alpha value is -1.82. The largest absolute Gasteiger partial charge is 0.354 e. The van der Waals surface area contributed by atoms with Crippen LogP contribution in [0.1, 0.15) is 61.9 Å². The molecule has 26 heavy (non-hydrogen) atoms. The zero-order valence-electron chi connectivity index (χ0n) is 14.9. The minimum absolute atomic E-state index is 0.0931. The Morgan fingerprint density at radius 3 is 2.58 bits per heavy atom. The van der Waals surface area contributed by atoms with E-state index in [1.807, 2.05) is 6.07 Å². The van der Waals surface area contributed by atoms with Gasteiger partial charge in [0.1, 0.15) is 5.82 Å². The van der Waals surface area contributed by atoms with Crippen molar-refractivity contribution in [3.8, 4) is 0 Å². The van der Waals surface area contributed by atoms with E-state index in [2.05, 4.69) is 44.3 Å². The molecule has 136 valence electrons. The number of hydrogen-bond acceptors (Lipinski definition) is 4. The summed E-state index contributed by atoms with van der Waals surface area (Å²) in [6.45, 7) is 0.735. The summed E-state index contributed by atoms with van der Waals surface area (Å²) in [4.78, 5) is 12.4. The predicted molar refractivity (Wildman–Crippen MR) is 101 cm³/mol. The van der Waals surface area contributed by atoms with Crippen molar-refractivity contribution in [3.05, 3.63) is 41.7 Å². The van der Waals surface area contributed by atoms with E-state index < -0.39 is 0 Å². The fourth-order valence-corrected chi connectivity index (χ4v) is 4.48. The Labute approximate surface area is 158 Å². The van der Waals surface area contributed by atoms with Crippen LogP contribution >= 0.6 is 11.8 Å². The average molecular weight is 369 g/mol. The molecule has 1 aromatic carbocycles. The van der Waals surface area contributed by atoms with Gasteiger partial charge in [-0.2, -0.15) is 0 Å². The lowest BCUT2D eigenvalue weighted by Gasteiger charge is -2.16. The SMILES string of the molecule is O=C(CSc1nnc(C2CC2)n1C1CC1)NCC1(c2ccccc2)CC1. The van der Waals surface area contributed by atoms with Gasteiger partial charge in [-0.3, -0.25) is 4.79 Å². The zero-order chi connectivity index (χ0) is 17.6. The molecule has 3 aliphatic carbocycles. The van der Waals surface area contributed by atoms with E-state index in [1.54, 1.807) is 0 Å². The fourth-order valence-electron chi connectivity index (χ4n) is 3.64. The molecule has 0 radical (unpaired) electrons. The molecule has 1 aromatic heterocycles. The van der Waals surface area contributed by atoms with E-state index in [0.29, 0.717) is 17.7 Å². The van der Waals surface area contributed by atoms with Crippen LogP contribution in [0.2, 0.25) is 0 Å². The summed E-state index contributed by atoms with van der Waals surface area (Å²) in [7, 11) is 0. The van der Waals surface area contributed by atoms with Gasteiger partial charge in [0.2, 0.25) is 5.91 Å². The second kappa shape index (κ2) is 6.41. The molecular weight excluding hydrogens is 344 g/mol. The molecule has 3 fully saturated rings. The Morgan fingerprint density at radius 1 is 1.15 bits per heavy atom. The van der Waals surface area contributed by atoms with Gasteiger partial charge in [-0.25, -0.2) is 0 Å². The van der Waals surface area contributed by atoms with Crippen LogP contribution in [0.4, 0.5) is 0 Å². The van der Waals surface area contributed by atoms with Crippen molar-refractivity contribution in [3.63, 3.8) is 0 Å². The maximum absolute atomic E-state index is 12.4. The maximum Gasteiger partial charge on any atom is 0.230 e. The highest BCUT2D eigenvalue weighted by Crippen LogP contribution is 2.48. The van der Waals surface area contributed by atoms with Crippen molar-refractivity contribution in [1.29, 1.82) is 0 Å². The van der Waals surface area contributed by atoms with Crippen molar-refractivity contribution in [1.82, 2.24) is 20.1 Å². The van der Waals surface area contributed by atoms with E-state index in [1.165, 1.54) is 43.0 Å². The van der Waals surface area contributed by atoms with Crippen LogP contribution in [0.5, 0.6) is 0 Å². The molecule has 0 spiro atoms. The topological polar surface area (TPSA) is 59.8 Å². The van der Waals surface area contributed by atoms with Crippen molar-refractivity contribution in [2.24, 2.45) is 0 Å². The smallest absolute Gasteiger partial charge is 0.230 e. The summed E-state index contributed by atoms with van der Waals surface area (Å²) >= 11 is 1.53. The first-order valence-electron chi connectivity index (χ1n) is 9.65. The van der Waals surface area contributed by atoms with Crippen LogP contribution < -0.4 is 5.32 Å². The maximum atomic E-state index is 12.4. The van der Waals surface area contributed by atoms with Gasteiger partial charge in [0, 0.05) is 23.9 Å². The summed E-state index contributed by atoms with van der Waals surface area (Å²) in [5.74, 6) is 2.26. The van der Waals surface area contributed by atoms with Crippen LogP contribution in [-0.2, 0) is 10.2 Å². The van der Waals surface area contributed by atoms with Crippen LogP contribution in [0.15, 0.2) is 35.5 Å². The first-order valence-corrected chi connectivity index (χ1v) is 10.6. The molecular formula is C20H24N4OS. The van der Waals surface area contributed by atoms with E-state index in [-0.39, 0.29) is 11.3 Å². The van der Waals surface area contributed by atoms with E-state index in [0.717, 1.165) is 30.4 Å². The lowest BCUT2D eigenvalue weighted by Crippen LogP contribution is -2.33. The molecule has 0 unspecified atom stereocenters. The highest BCUT2D eigenvalue weighted by molar-refractivity contribution is 7.99. The number of amides is 1. The molecule has 2 aromatic rings. The number of nitrogens with one attached hydrogen (secondary N) is 1. The highest BCUT2D eigenvalue weighted by atomic mass is 32.2. The van der Waals surface area contributed by atoms with E-state index in [9.17, 15) is 4.79 Å². The second-order valence-corrected chi connectivity index (χ2v) is 8.87. The Balaban J connectivity index is 1.17. The van der Waals surface area contributed by atoms with Gasteiger partial charge in [0.05, 0.1) is 5.75 Å². The average Bonchev–Trinajstić information content (AvgIpc) is 3.53. The number of hydrogen-bond donors (Lipinski definition) is 1. The summed E-state index contributed by atoms with van der Waals surface area (Å²) < 4.78 is 2.31. The van der Waals surface area contributed by atoms with Crippen molar-refractivity contribution < 1.29 is 4.79 Å². The third kappa shape index (κ3) is 3.27. The van der Waals surface area contributed by atoms with Gasteiger partial charge in [0.25, 0.3) is 0 Å². The molecule has 1 heterocycles. The molecule has 1 amide bonds. The minimum Gasteiger partial charge on any atom is -0.354 e. The highest BCUT2D eigenvalue weighted by Gasteiger charge is 2.44. The normalized spacial score (nSPS) is 20.8. The predicted octanol–water partition coefficient (Wildman–Crippen LogP) is 3.43. The summed E-state index contributed by atoms with van der Waals surface area (Å²) in [5.41, 5.74) is 1.50. The van der Waals surface area contributed by atoms with Crippen molar-refractivity contribution >= 4 is 17.7 Å². The summed E-state index contributed by atoms with van der Waals surface area (Å²) in [6.07, 6.45) is 7.22. The molecule has 3 saturated carbocycles. The minimum atomic E-state index is 0.0931. The summed E-state index contributed by atoms with van der Waals surface area (Å²) in [6, 6.07) is 11.1. The fraction of sp³-hybridized carbons (Fsp3) is 0.550. The quantitative estimate of drug-likeness (QED) is 0.725. The first-order chi connectivity index (χ1) is 12.8. The molecule has 0 aliphatic heterocycles. The number of aromatic nitrogens is 3. The number of carbonyl (C=O) groups excluding carboxylic acids is 1. The lowest BCUT2D eigenvalue weighted by atomic mass is 9.96.